The van der Waals surface area contributed by atoms with Gasteiger partial charge in [0.25, 0.3) is 0 Å². The minimum Gasteiger partial charge on any atom is -0.444 e. The second-order valence-electron chi connectivity index (χ2n) is 5.46. The molecule has 1 aliphatic carbocycles. The monoisotopic (exact) mass is 227 g/mol. The molecule has 1 N–H and O–H groups in total. The lowest BCUT2D eigenvalue weighted by atomic mass is 10.0. The molecule has 0 radical (unpaired) electrons. The number of nitrogens with one attached hydrogen (secondary N) is 1. The summed E-state index contributed by atoms with van der Waals surface area (Å²) in [5.41, 5.74) is -0.470. The van der Waals surface area contributed by atoms with Crippen molar-refractivity contribution in [2.45, 2.75) is 58.6 Å². The molecule has 16 heavy (non-hydrogen) atoms. The van der Waals surface area contributed by atoms with Crippen molar-refractivity contribution in [2.24, 2.45) is 5.92 Å². The number of rotatable bonds is 2. The summed E-state index contributed by atoms with van der Waals surface area (Å²) >= 11 is 0. The molecule has 1 aliphatic rings. The van der Waals surface area contributed by atoms with E-state index in [0.717, 1.165) is 19.3 Å². The first-order valence-corrected chi connectivity index (χ1v) is 5.78. The molecule has 0 spiro atoms. The minimum atomic E-state index is -0.470. The molecule has 0 unspecified atom stereocenters. The van der Waals surface area contributed by atoms with Crippen molar-refractivity contribution >= 4 is 11.9 Å². The summed E-state index contributed by atoms with van der Waals surface area (Å²) in [5.74, 6) is 0.327. The van der Waals surface area contributed by atoms with Gasteiger partial charge in [-0.3, -0.25) is 4.79 Å². The Kier molecular flexibility index (Phi) is 3.94. The fourth-order valence-electron chi connectivity index (χ4n) is 1.96. The number of ether oxygens (including phenoxy) is 1. The van der Waals surface area contributed by atoms with E-state index < -0.39 is 5.60 Å². The Morgan fingerprint density at radius 3 is 2.31 bits per heavy atom. The van der Waals surface area contributed by atoms with E-state index in [1.165, 1.54) is 0 Å². The van der Waals surface area contributed by atoms with Crippen LogP contribution in [0.15, 0.2) is 0 Å². The van der Waals surface area contributed by atoms with Gasteiger partial charge in [-0.05, 0) is 47.0 Å². The van der Waals surface area contributed by atoms with E-state index in [-0.39, 0.29) is 23.8 Å². The Hall–Kier alpha value is -1.06. The topological polar surface area (TPSA) is 55.4 Å². The minimum absolute atomic E-state index is 0.0868. The largest absolute Gasteiger partial charge is 0.444 e. The third-order valence-corrected chi connectivity index (χ3v) is 2.73. The van der Waals surface area contributed by atoms with Crippen LogP contribution in [0.1, 0.15) is 47.0 Å². The van der Waals surface area contributed by atoms with E-state index in [0.29, 0.717) is 0 Å². The van der Waals surface area contributed by atoms with Gasteiger partial charge in [-0.1, -0.05) is 0 Å². The maximum atomic E-state index is 11.5. The predicted octanol–water partition coefficient (Wildman–Crippen LogP) is 2.27. The fraction of sp³-hybridized carbons (Fsp3) is 0.833. The van der Waals surface area contributed by atoms with Crippen LogP contribution in [-0.4, -0.2) is 23.5 Å². The molecule has 1 saturated carbocycles. The molecule has 0 aromatic carbocycles. The van der Waals surface area contributed by atoms with Crippen LogP contribution in [0.2, 0.25) is 0 Å². The van der Waals surface area contributed by atoms with Crippen LogP contribution < -0.4 is 5.32 Å². The van der Waals surface area contributed by atoms with Gasteiger partial charge >= 0.3 is 6.09 Å². The van der Waals surface area contributed by atoms with E-state index in [1.807, 2.05) is 20.8 Å². The second kappa shape index (κ2) is 4.85. The van der Waals surface area contributed by atoms with Crippen LogP contribution in [0, 0.1) is 5.92 Å². The summed E-state index contributed by atoms with van der Waals surface area (Å²) in [4.78, 5) is 22.6. The van der Waals surface area contributed by atoms with Crippen molar-refractivity contribution in [1.82, 2.24) is 5.32 Å². The standard InChI is InChI=1S/C12H21NO3/c1-8(14)9-5-6-10(7-9)13-11(15)16-12(2,3)4/h9-10H,5-7H2,1-4H3,(H,13,15)/t9-,10+/m1/s1. The average molecular weight is 227 g/mol. The Morgan fingerprint density at radius 1 is 1.25 bits per heavy atom. The second-order valence-corrected chi connectivity index (χ2v) is 5.46. The molecule has 2 atom stereocenters. The molecule has 0 aromatic rings. The van der Waals surface area contributed by atoms with Crippen LogP contribution in [-0.2, 0) is 9.53 Å². The quantitative estimate of drug-likeness (QED) is 0.787. The summed E-state index contributed by atoms with van der Waals surface area (Å²) in [5, 5.41) is 2.81. The number of carbonyl (C=O) groups excluding carboxylic acids is 2. The summed E-state index contributed by atoms with van der Waals surface area (Å²) < 4.78 is 5.16. The molecule has 0 aliphatic heterocycles. The average Bonchev–Trinajstić information content (AvgIpc) is 2.48. The van der Waals surface area contributed by atoms with Gasteiger partial charge < -0.3 is 10.1 Å². The molecule has 0 bridgehead atoms. The van der Waals surface area contributed by atoms with Gasteiger partial charge in [0, 0.05) is 12.0 Å². The molecular weight excluding hydrogens is 206 g/mol. The Labute approximate surface area is 96.7 Å². The molecule has 1 fully saturated rings. The number of alkyl carbamates (subject to hydrolysis) is 1. The molecular formula is C12H21NO3. The molecule has 1 rings (SSSR count). The predicted molar refractivity (Wildman–Crippen MR) is 61.2 cm³/mol. The fourth-order valence-corrected chi connectivity index (χ4v) is 1.96. The lowest BCUT2D eigenvalue weighted by Crippen LogP contribution is -2.38. The van der Waals surface area contributed by atoms with Crippen molar-refractivity contribution in [2.75, 3.05) is 0 Å². The molecule has 4 heteroatoms. The van der Waals surface area contributed by atoms with Gasteiger partial charge in [-0.25, -0.2) is 4.79 Å². The first-order valence-electron chi connectivity index (χ1n) is 5.78. The number of carbonyl (C=O) groups is 2. The van der Waals surface area contributed by atoms with Gasteiger partial charge in [-0.15, -0.1) is 0 Å². The third-order valence-electron chi connectivity index (χ3n) is 2.73. The molecule has 0 saturated heterocycles. The molecule has 0 heterocycles. The van der Waals surface area contributed by atoms with E-state index in [1.54, 1.807) is 6.92 Å². The summed E-state index contributed by atoms with van der Waals surface area (Å²) in [6, 6.07) is 0.0868. The third kappa shape index (κ3) is 4.21. The van der Waals surface area contributed by atoms with Crippen LogP contribution in [0.25, 0.3) is 0 Å². The first kappa shape index (κ1) is 13.0. The highest BCUT2D eigenvalue weighted by Gasteiger charge is 2.29. The zero-order valence-corrected chi connectivity index (χ0v) is 10.5. The zero-order chi connectivity index (χ0) is 12.3. The Bertz CT molecular complexity index is 280. The van der Waals surface area contributed by atoms with Gasteiger partial charge in [0.2, 0.25) is 0 Å². The van der Waals surface area contributed by atoms with E-state index in [2.05, 4.69) is 5.32 Å². The van der Waals surface area contributed by atoms with Gasteiger partial charge in [0.15, 0.2) is 0 Å². The lowest BCUT2D eigenvalue weighted by Gasteiger charge is -2.21. The van der Waals surface area contributed by atoms with Crippen LogP contribution in [0.4, 0.5) is 4.79 Å². The van der Waals surface area contributed by atoms with Crippen molar-refractivity contribution in [3.05, 3.63) is 0 Å². The van der Waals surface area contributed by atoms with Crippen molar-refractivity contribution < 1.29 is 14.3 Å². The number of ketones is 1. The normalized spacial score (nSPS) is 25.2. The van der Waals surface area contributed by atoms with E-state index >= 15 is 0 Å². The van der Waals surface area contributed by atoms with Crippen LogP contribution >= 0.6 is 0 Å². The maximum Gasteiger partial charge on any atom is 0.407 e. The Morgan fingerprint density at radius 2 is 1.88 bits per heavy atom. The Balaban J connectivity index is 2.34. The summed E-state index contributed by atoms with van der Waals surface area (Å²) in [6.45, 7) is 7.11. The molecule has 0 aromatic heterocycles. The number of hydrogen-bond acceptors (Lipinski definition) is 3. The first-order chi connectivity index (χ1) is 7.28. The van der Waals surface area contributed by atoms with Crippen molar-refractivity contribution in [1.29, 1.82) is 0 Å². The van der Waals surface area contributed by atoms with Crippen molar-refractivity contribution in [3.63, 3.8) is 0 Å². The van der Waals surface area contributed by atoms with Crippen LogP contribution in [0.5, 0.6) is 0 Å². The number of amides is 1. The smallest absolute Gasteiger partial charge is 0.407 e. The summed E-state index contributed by atoms with van der Waals surface area (Å²) in [6.07, 6.45) is 2.09. The highest BCUT2D eigenvalue weighted by molar-refractivity contribution is 5.78. The van der Waals surface area contributed by atoms with Crippen LogP contribution in [0.3, 0.4) is 0 Å². The number of hydrogen-bond donors (Lipinski definition) is 1. The zero-order valence-electron chi connectivity index (χ0n) is 10.5. The van der Waals surface area contributed by atoms with Gasteiger partial charge in [0.1, 0.15) is 11.4 Å². The number of Topliss-reactive ketones (excluding diaryl/α,β-unsaturated/α-hetero) is 1. The molecule has 92 valence electrons. The van der Waals surface area contributed by atoms with Crippen molar-refractivity contribution in [3.8, 4) is 0 Å². The molecule has 1 amide bonds. The van der Waals surface area contributed by atoms with E-state index in [9.17, 15) is 9.59 Å². The SMILES string of the molecule is CC(=O)[C@@H]1CC[C@H](NC(=O)OC(C)(C)C)C1. The lowest BCUT2D eigenvalue weighted by molar-refractivity contribution is -0.120. The maximum absolute atomic E-state index is 11.5. The van der Waals surface area contributed by atoms with Gasteiger partial charge in [-0.2, -0.15) is 0 Å². The van der Waals surface area contributed by atoms with Gasteiger partial charge in [0.05, 0.1) is 0 Å². The highest BCUT2D eigenvalue weighted by Crippen LogP contribution is 2.26. The highest BCUT2D eigenvalue weighted by atomic mass is 16.6. The van der Waals surface area contributed by atoms with E-state index in [4.69, 9.17) is 4.74 Å². The molecule has 4 nitrogen and oxygen atoms in total. The summed E-state index contributed by atoms with van der Waals surface area (Å²) in [7, 11) is 0.